The first-order valence-corrected chi connectivity index (χ1v) is 7.68. The normalized spacial score (nSPS) is 23.2. The number of H-pyrrole nitrogens is 1. The molecule has 6 heteroatoms. The molecule has 1 aromatic heterocycles. The number of rotatable bonds is 2. The van der Waals surface area contributed by atoms with Crippen LogP contribution in [0.2, 0.25) is 0 Å². The summed E-state index contributed by atoms with van der Waals surface area (Å²) in [5.74, 6) is -0.233. The van der Waals surface area contributed by atoms with Gasteiger partial charge in [-0.05, 0) is 25.1 Å². The number of aliphatic hydroxyl groups excluding tert-OH is 1. The van der Waals surface area contributed by atoms with Crippen LogP contribution in [0.25, 0.3) is 11.0 Å². The van der Waals surface area contributed by atoms with E-state index >= 15 is 0 Å². The Morgan fingerprint density at radius 3 is 2.86 bits per heavy atom. The third-order valence-corrected chi connectivity index (χ3v) is 4.56. The van der Waals surface area contributed by atoms with E-state index in [1.165, 1.54) is 13.2 Å². The van der Waals surface area contributed by atoms with Crippen molar-refractivity contribution in [2.24, 2.45) is 0 Å². The second-order valence-electron chi connectivity index (χ2n) is 5.58. The lowest BCUT2D eigenvalue weighted by molar-refractivity contribution is 0.107. The van der Waals surface area contributed by atoms with Crippen molar-refractivity contribution >= 4 is 23.3 Å². The topological polar surface area (TPSA) is 50.2 Å². The summed E-state index contributed by atoms with van der Waals surface area (Å²) in [5.41, 5.74) is 1.42. The van der Waals surface area contributed by atoms with Crippen molar-refractivity contribution in [3.63, 3.8) is 0 Å². The number of fused-ring (bicyclic) bond motifs is 1. The molecular weight excluding hydrogens is 291 g/mol. The van der Waals surface area contributed by atoms with E-state index in [9.17, 15) is 9.50 Å². The van der Waals surface area contributed by atoms with Crippen LogP contribution in [0.15, 0.2) is 12.1 Å². The predicted molar refractivity (Wildman–Crippen MR) is 81.8 cm³/mol. The highest BCUT2D eigenvalue weighted by Gasteiger charge is 2.26. The van der Waals surface area contributed by atoms with Crippen molar-refractivity contribution in [2.75, 3.05) is 7.11 Å². The Morgan fingerprint density at radius 2 is 2.10 bits per heavy atom. The molecule has 1 aliphatic rings. The van der Waals surface area contributed by atoms with Crippen LogP contribution in [0, 0.1) is 10.6 Å². The summed E-state index contributed by atoms with van der Waals surface area (Å²) in [6, 6.07) is 2.97. The van der Waals surface area contributed by atoms with Crippen molar-refractivity contribution in [2.45, 2.75) is 44.2 Å². The van der Waals surface area contributed by atoms with E-state index in [2.05, 4.69) is 4.98 Å². The maximum Gasteiger partial charge on any atom is 0.178 e. The second kappa shape index (κ2) is 5.77. The molecule has 1 aromatic carbocycles. The number of aromatic amines is 1. The minimum absolute atomic E-state index is 0.0658. The third kappa shape index (κ3) is 2.58. The van der Waals surface area contributed by atoms with Crippen molar-refractivity contribution in [3.8, 4) is 5.75 Å². The molecule has 0 saturated heterocycles. The second-order valence-corrected chi connectivity index (χ2v) is 5.96. The summed E-state index contributed by atoms with van der Waals surface area (Å²) in [6.07, 6.45) is 4.45. The molecule has 0 radical (unpaired) electrons. The lowest BCUT2D eigenvalue weighted by Gasteiger charge is -2.22. The molecule has 1 aliphatic carbocycles. The fourth-order valence-corrected chi connectivity index (χ4v) is 3.53. The smallest absolute Gasteiger partial charge is 0.178 e. The van der Waals surface area contributed by atoms with Gasteiger partial charge in [-0.1, -0.05) is 19.3 Å². The minimum Gasteiger partial charge on any atom is -0.494 e. The zero-order valence-corrected chi connectivity index (χ0v) is 12.8. The molecule has 0 aliphatic heterocycles. The van der Waals surface area contributed by atoms with E-state index < -0.39 is 11.9 Å². The van der Waals surface area contributed by atoms with E-state index in [1.54, 1.807) is 6.07 Å². The summed E-state index contributed by atoms with van der Waals surface area (Å²) in [5, 5.41) is 10.4. The number of ether oxygens (including phenoxy) is 1. The molecular formula is C15H19FN2O2S. The van der Waals surface area contributed by atoms with Gasteiger partial charge in [-0.3, -0.25) is 0 Å². The molecule has 3 rings (SSSR count). The molecule has 114 valence electrons. The quantitative estimate of drug-likeness (QED) is 0.656. The van der Waals surface area contributed by atoms with Gasteiger partial charge in [0.1, 0.15) is 0 Å². The van der Waals surface area contributed by atoms with E-state index in [-0.39, 0.29) is 11.8 Å². The van der Waals surface area contributed by atoms with Gasteiger partial charge in [0.05, 0.1) is 30.3 Å². The average molecular weight is 310 g/mol. The molecule has 2 unspecified atom stereocenters. The summed E-state index contributed by atoms with van der Waals surface area (Å²) >= 11 is 5.39. The lowest BCUT2D eigenvalue weighted by atomic mass is 10.1. The maximum atomic E-state index is 13.8. The number of nitrogens with one attached hydrogen (secondary N) is 1. The molecule has 2 atom stereocenters. The van der Waals surface area contributed by atoms with Crippen LogP contribution in [-0.2, 0) is 0 Å². The van der Waals surface area contributed by atoms with E-state index in [4.69, 9.17) is 17.0 Å². The van der Waals surface area contributed by atoms with Gasteiger partial charge in [0.25, 0.3) is 0 Å². The van der Waals surface area contributed by atoms with E-state index in [1.807, 2.05) is 4.57 Å². The van der Waals surface area contributed by atoms with E-state index in [0.717, 1.165) is 37.6 Å². The Hall–Kier alpha value is -1.40. The Labute approximate surface area is 127 Å². The predicted octanol–water partition coefficient (Wildman–Crippen LogP) is 3.71. The van der Waals surface area contributed by atoms with Crippen LogP contribution in [-0.4, -0.2) is 27.9 Å². The van der Waals surface area contributed by atoms with Gasteiger partial charge in [0, 0.05) is 12.1 Å². The first-order chi connectivity index (χ1) is 10.1. The standard InChI is InChI=1S/C15H19FN2O2S/c1-20-14-8-12-10(7-9(14)16)17-15(21)18(12)11-5-3-2-4-6-13(11)19/h7-8,11,13,19H,2-6H2,1H3,(H,17,21). The molecule has 0 bridgehead atoms. The molecule has 0 amide bonds. The SMILES string of the molecule is COc1cc2c(cc1F)[nH]c(=S)n2C1CCCCCC1O. The molecule has 1 fully saturated rings. The highest BCUT2D eigenvalue weighted by molar-refractivity contribution is 7.71. The number of aliphatic hydroxyl groups is 1. The van der Waals surface area contributed by atoms with Crippen LogP contribution in [0.3, 0.4) is 0 Å². The number of nitrogens with zero attached hydrogens (tertiary/aromatic N) is 1. The van der Waals surface area contributed by atoms with Crippen LogP contribution in [0.4, 0.5) is 4.39 Å². The van der Waals surface area contributed by atoms with Crippen molar-refractivity contribution < 1.29 is 14.2 Å². The van der Waals surface area contributed by atoms with Gasteiger partial charge in [-0.25, -0.2) is 4.39 Å². The maximum absolute atomic E-state index is 13.8. The summed E-state index contributed by atoms with van der Waals surface area (Å²) < 4.78 is 21.3. The Morgan fingerprint density at radius 1 is 1.33 bits per heavy atom. The number of hydrogen-bond acceptors (Lipinski definition) is 3. The van der Waals surface area contributed by atoms with Crippen LogP contribution in [0.1, 0.15) is 38.1 Å². The Kier molecular flexibility index (Phi) is 3.99. The fraction of sp³-hybridized carbons (Fsp3) is 0.533. The largest absolute Gasteiger partial charge is 0.494 e. The number of methoxy groups -OCH3 is 1. The van der Waals surface area contributed by atoms with Crippen LogP contribution in [0.5, 0.6) is 5.75 Å². The number of imidazole rings is 1. The average Bonchev–Trinajstić information content (AvgIpc) is 2.62. The fourth-order valence-electron chi connectivity index (χ4n) is 3.18. The Balaban J connectivity index is 2.16. The zero-order valence-electron chi connectivity index (χ0n) is 11.9. The molecule has 4 nitrogen and oxygen atoms in total. The molecule has 1 saturated carbocycles. The first-order valence-electron chi connectivity index (χ1n) is 7.27. The minimum atomic E-state index is -0.422. The molecule has 1 heterocycles. The van der Waals surface area contributed by atoms with Gasteiger partial charge in [0.15, 0.2) is 16.3 Å². The highest BCUT2D eigenvalue weighted by atomic mass is 32.1. The summed E-state index contributed by atoms with van der Waals surface area (Å²) in [7, 11) is 1.44. The van der Waals surface area contributed by atoms with E-state index in [0.29, 0.717) is 10.3 Å². The molecule has 2 aromatic rings. The van der Waals surface area contributed by atoms with Gasteiger partial charge < -0.3 is 19.4 Å². The number of hydrogen-bond donors (Lipinski definition) is 2. The summed E-state index contributed by atoms with van der Waals surface area (Å²) in [4.78, 5) is 3.03. The Bertz CT molecular complexity index is 709. The third-order valence-electron chi connectivity index (χ3n) is 4.27. The number of benzene rings is 1. The van der Waals surface area contributed by atoms with Crippen LogP contribution < -0.4 is 4.74 Å². The molecule has 21 heavy (non-hydrogen) atoms. The lowest BCUT2D eigenvalue weighted by Crippen LogP contribution is -2.23. The highest BCUT2D eigenvalue weighted by Crippen LogP contribution is 2.33. The van der Waals surface area contributed by atoms with Crippen molar-refractivity contribution in [1.82, 2.24) is 9.55 Å². The van der Waals surface area contributed by atoms with Gasteiger partial charge in [-0.2, -0.15) is 0 Å². The number of halogens is 1. The monoisotopic (exact) mass is 310 g/mol. The van der Waals surface area contributed by atoms with Gasteiger partial charge in [0.2, 0.25) is 0 Å². The zero-order chi connectivity index (χ0) is 15.0. The summed E-state index contributed by atoms with van der Waals surface area (Å²) in [6.45, 7) is 0. The number of aromatic nitrogens is 2. The first kappa shape index (κ1) is 14.5. The van der Waals surface area contributed by atoms with Crippen molar-refractivity contribution in [3.05, 3.63) is 22.7 Å². The molecule has 2 N–H and O–H groups in total. The van der Waals surface area contributed by atoms with Gasteiger partial charge >= 0.3 is 0 Å². The van der Waals surface area contributed by atoms with Gasteiger partial charge in [-0.15, -0.1) is 0 Å². The molecule has 0 spiro atoms. The van der Waals surface area contributed by atoms with Crippen LogP contribution >= 0.6 is 12.2 Å². The van der Waals surface area contributed by atoms with Crippen molar-refractivity contribution in [1.29, 1.82) is 0 Å².